The summed E-state index contributed by atoms with van der Waals surface area (Å²) in [6.07, 6.45) is 1.66. The molecule has 0 saturated carbocycles. The van der Waals surface area contributed by atoms with Crippen molar-refractivity contribution in [3.8, 4) is 0 Å². The zero-order valence-electron chi connectivity index (χ0n) is 16.1. The van der Waals surface area contributed by atoms with E-state index in [-0.39, 0.29) is 5.91 Å². The molecule has 5 aromatic rings. The Morgan fingerprint density at radius 3 is 2.66 bits per heavy atom. The minimum atomic E-state index is -0.152. The van der Waals surface area contributed by atoms with Crippen LogP contribution in [0.1, 0.15) is 21.6 Å². The van der Waals surface area contributed by atoms with Crippen molar-refractivity contribution in [2.24, 2.45) is 0 Å². The number of aromatic nitrogens is 1. The maximum atomic E-state index is 13.2. The lowest BCUT2D eigenvalue weighted by molar-refractivity contribution is 0.101. The van der Waals surface area contributed by atoms with Gasteiger partial charge in [-0.25, -0.2) is 0 Å². The van der Waals surface area contributed by atoms with Crippen molar-refractivity contribution in [2.45, 2.75) is 13.5 Å². The van der Waals surface area contributed by atoms with Gasteiger partial charge in [-0.3, -0.25) is 4.79 Å². The van der Waals surface area contributed by atoms with Gasteiger partial charge in [0.15, 0.2) is 5.58 Å². The molecule has 4 nitrogen and oxygen atoms in total. The summed E-state index contributed by atoms with van der Waals surface area (Å²) in [5, 5.41) is 5.20. The number of anilines is 1. The molecule has 2 aromatic heterocycles. The molecule has 0 aliphatic rings. The second-order valence-electron chi connectivity index (χ2n) is 7.19. The summed E-state index contributed by atoms with van der Waals surface area (Å²) < 4.78 is 7.59. The molecule has 5 rings (SSSR count). The molecular formula is C25H20N2O2. The van der Waals surface area contributed by atoms with Crippen LogP contribution in [0.2, 0.25) is 0 Å². The average molecular weight is 380 g/mol. The van der Waals surface area contributed by atoms with Gasteiger partial charge in [-0.2, -0.15) is 0 Å². The quantitative estimate of drug-likeness (QED) is 0.416. The van der Waals surface area contributed by atoms with E-state index in [2.05, 4.69) is 24.4 Å². The molecule has 0 radical (unpaired) electrons. The fraction of sp³-hybridized carbons (Fsp3) is 0.0800. The van der Waals surface area contributed by atoms with Gasteiger partial charge < -0.3 is 14.3 Å². The number of hydrogen-bond donors (Lipinski definition) is 1. The van der Waals surface area contributed by atoms with Crippen LogP contribution < -0.4 is 5.32 Å². The van der Waals surface area contributed by atoms with Crippen LogP contribution in [0.25, 0.3) is 21.9 Å². The van der Waals surface area contributed by atoms with Crippen LogP contribution in [0.3, 0.4) is 0 Å². The summed E-state index contributed by atoms with van der Waals surface area (Å²) in [6, 6.07) is 25.9. The topological polar surface area (TPSA) is 47.2 Å². The Kier molecular flexibility index (Phi) is 4.17. The lowest BCUT2D eigenvalue weighted by Crippen LogP contribution is -2.18. The molecule has 2 heterocycles. The molecule has 0 atom stereocenters. The Labute approximate surface area is 168 Å². The number of nitrogens with zero attached hydrogens (tertiary/aromatic N) is 1. The predicted molar refractivity (Wildman–Crippen MR) is 116 cm³/mol. The average Bonchev–Trinajstić information content (AvgIpc) is 3.32. The molecule has 0 aliphatic carbocycles. The van der Waals surface area contributed by atoms with Gasteiger partial charge in [0.05, 0.1) is 11.8 Å². The molecule has 142 valence electrons. The van der Waals surface area contributed by atoms with Gasteiger partial charge in [0.1, 0.15) is 5.69 Å². The molecule has 0 aliphatic heterocycles. The Morgan fingerprint density at radius 2 is 1.76 bits per heavy atom. The number of rotatable bonds is 4. The molecule has 4 heteroatoms. The summed E-state index contributed by atoms with van der Waals surface area (Å²) >= 11 is 0. The molecule has 1 amide bonds. The minimum Gasteiger partial charge on any atom is -0.463 e. The normalized spacial score (nSPS) is 11.2. The van der Waals surface area contributed by atoms with Gasteiger partial charge in [-0.05, 0) is 29.5 Å². The molecule has 3 aromatic carbocycles. The summed E-state index contributed by atoms with van der Waals surface area (Å²) in [7, 11) is 0. The fourth-order valence-electron chi connectivity index (χ4n) is 3.81. The highest BCUT2D eigenvalue weighted by Gasteiger charge is 2.19. The van der Waals surface area contributed by atoms with Crippen LogP contribution in [0.4, 0.5) is 5.69 Å². The number of nitrogens with one attached hydrogen (secondary N) is 1. The smallest absolute Gasteiger partial charge is 0.272 e. The van der Waals surface area contributed by atoms with Crippen molar-refractivity contribution >= 4 is 33.5 Å². The molecule has 0 bridgehead atoms. The molecule has 0 saturated heterocycles. The predicted octanol–water partition coefficient (Wildman–Crippen LogP) is 6.00. The van der Waals surface area contributed by atoms with Crippen molar-refractivity contribution in [2.75, 3.05) is 5.32 Å². The summed E-state index contributed by atoms with van der Waals surface area (Å²) in [5.41, 5.74) is 5.37. The standard InChI is InChI=1S/C25H20N2O2/c1-17-7-2-3-9-19(17)16-27-22-13-14-29-24(22)15-23(27)25(28)26-21-12-6-10-18-8-4-5-11-20(18)21/h2-15H,16H2,1H3,(H,26,28). The van der Waals surface area contributed by atoms with Crippen LogP contribution in [0.5, 0.6) is 0 Å². The first-order chi connectivity index (χ1) is 14.2. The number of aryl methyl sites for hydroxylation is 1. The van der Waals surface area contributed by atoms with Crippen LogP contribution in [0, 0.1) is 6.92 Å². The Hall–Kier alpha value is -3.79. The monoisotopic (exact) mass is 380 g/mol. The van der Waals surface area contributed by atoms with Gasteiger partial charge in [0.25, 0.3) is 5.91 Å². The fourth-order valence-corrected chi connectivity index (χ4v) is 3.81. The highest BCUT2D eigenvalue weighted by Crippen LogP contribution is 2.26. The first-order valence-electron chi connectivity index (χ1n) is 9.61. The number of hydrogen-bond acceptors (Lipinski definition) is 2. The lowest BCUT2D eigenvalue weighted by Gasteiger charge is -2.13. The van der Waals surface area contributed by atoms with Gasteiger partial charge in [0.2, 0.25) is 0 Å². The summed E-state index contributed by atoms with van der Waals surface area (Å²) in [6.45, 7) is 2.69. The summed E-state index contributed by atoms with van der Waals surface area (Å²) in [4.78, 5) is 13.2. The molecular weight excluding hydrogens is 360 g/mol. The maximum Gasteiger partial charge on any atom is 0.272 e. The van der Waals surface area contributed by atoms with E-state index in [0.717, 1.165) is 22.0 Å². The van der Waals surface area contributed by atoms with Crippen molar-refractivity contribution in [3.63, 3.8) is 0 Å². The number of amides is 1. The van der Waals surface area contributed by atoms with Crippen LogP contribution in [0.15, 0.2) is 89.5 Å². The first kappa shape index (κ1) is 17.3. The van der Waals surface area contributed by atoms with E-state index >= 15 is 0 Å². The Morgan fingerprint density at radius 1 is 0.966 bits per heavy atom. The van der Waals surface area contributed by atoms with E-state index in [9.17, 15) is 4.79 Å². The van der Waals surface area contributed by atoms with E-state index in [1.807, 2.05) is 71.3 Å². The molecule has 1 N–H and O–H groups in total. The second-order valence-corrected chi connectivity index (χ2v) is 7.19. The van der Waals surface area contributed by atoms with Crippen molar-refractivity contribution < 1.29 is 9.21 Å². The van der Waals surface area contributed by atoms with Gasteiger partial charge >= 0.3 is 0 Å². The van der Waals surface area contributed by atoms with E-state index in [0.29, 0.717) is 17.8 Å². The third kappa shape index (κ3) is 3.09. The van der Waals surface area contributed by atoms with Gasteiger partial charge in [0, 0.05) is 29.8 Å². The second kappa shape index (κ2) is 6.99. The number of carbonyl (C=O) groups excluding carboxylic acids is 1. The van der Waals surface area contributed by atoms with E-state index in [4.69, 9.17) is 4.42 Å². The number of fused-ring (bicyclic) bond motifs is 2. The minimum absolute atomic E-state index is 0.152. The zero-order chi connectivity index (χ0) is 19.8. The Bertz CT molecular complexity index is 1340. The Balaban J connectivity index is 1.55. The number of benzene rings is 3. The molecule has 29 heavy (non-hydrogen) atoms. The van der Waals surface area contributed by atoms with Crippen LogP contribution in [-0.4, -0.2) is 10.5 Å². The van der Waals surface area contributed by atoms with Gasteiger partial charge in [-0.15, -0.1) is 0 Å². The third-order valence-electron chi connectivity index (χ3n) is 5.38. The lowest BCUT2D eigenvalue weighted by atomic mass is 10.1. The SMILES string of the molecule is Cc1ccccc1Cn1c(C(=O)Nc2cccc3ccccc23)cc2occc21. The molecule has 0 unspecified atom stereocenters. The van der Waals surface area contributed by atoms with Crippen LogP contribution >= 0.6 is 0 Å². The summed E-state index contributed by atoms with van der Waals surface area (Å²) in [5.74, 6) is -0.152. The van der Waals surface area contributed by atoms with E-state index < -0.39 is 0 Å². The third-order valence-corrected chi connectivity index (χ3v) is 5.38. The van der Waals surface area contributed by atoms with Crippen LogP contribution in [-0.2, 0) is 6.54 Å². The van der Waals surface area contributed by atoms with E-state index in [1.165, 1.54) is 11.1 Å². The largest absolute Gasteiger partial charge is 0.463 e. The highest BCUT2D eigenvalue weighted by molar-refractivity contribution is 6.10. The molecule has 0 fully saturated rings. The zero-order valence-corrected chi connectivity index (χ0v) is 16.1. The van der Waals surface area contributed by atoms with Gasteiger partial charge in [-0.1, -0.05) is 60.7 Å². The van der Waals surface area contributed by atoms with Crippen molar-refractivity contribution in [1.29, 1.82) is 0 Å². The number of carbonyl (C=O) groups is 1. The van der Waals surface area contributed by atoms with Crippen molar-refractivity contribution in [3.05, 3.63) is 102 Å². The maximum absolute atomic E-state index is 13.2. The van der Waals surface area contributed by atoms with E-state index in [1.54, 1.807) is 6.26 Å². The first-order valence-corrected chi connectivity index (χ1v) is 9.61. The molecule has 0 spiro atoms. The van der Waals surface area contributed by atoms with Crippen molar-refractivity contribution in [1.82, 2.24) is 4.57 Å². The number of furan rings is 1. The highest BCUT2D eigenvalue weighted by atomic mass is 16.3.